The van der Waals surface area contributed by atoms with E-state index in [1.807, 2.05) is 26.0 Å². The van der Waals surface area contributed by atoms with E-state index in [-0.39, 0.29) is 5.43 Å². The van der Waals surface area contributed by atoms with Gasteiger partial charge in [-0.2, -0.15) is 0 Å². The molecule has 0 aliphatic rings. The molecule has 2 heteroatoms. The van der Waals surface area contributed by atoms with Gasteiger partial charge in [-0.25, -0.2) is 0 Å². The average molecular weight is 149 g/mol. The van der Waals surface area contributed by atoms with Crippen molar-refractivity contribution in [3.05, 3.63) is 39.8 Å². The molecule has 1 heterocycles. The molecule has 11 heavy (non-hydrogen) atoms. The number of hydrogen-bond acceptors (Lipinski definition) is 1. The Labute approximate surface area is 65.6 Å². The molecule has 0 unspecified atom stereocenters. The summed E-state index contributed by atoms with van der Waals surface area (Å²) in [6.45, 7) is 3.78. The quantitative estimate of drug-likeness (QED) is 0.647. The van der Waals surface area contributed by atoms with E-state index in [1.165, 1.54) is 6.07 Å². The minimum atomic E-state index is 0.0688. The summed E-state index contributed by atoms with van der Waals surface area (Å²) >= 11 is 0. The number of aromatic amines is 1. The van der Waals surface area contributed by atoms with Crippen molar-refractivity contribution in [2.45, 2.75) is 13.8 Å². The van der Waals surface area contributed by atoms with Crippen LogP contribution in [-0.4, -0.2) is 4.98 Å². The molecule has 0 fully saturated rings. The van der Waals surface area contributed by atoms with Crippen LogP contribution in [0, 0.1) is 6.92 Å². The molecule has 0 aliphatic heterocycles. The smallest absolute Gasteiger partial charge is 0.189 e. The summed E-state index contributed by atoms with van der Waals surface area (Å²) < 4.78 is 0. The summed E-state index contributed by atoms with van der Waals surface area (Å²) in [4.78, 5) is 14.1. The third-order valence-electron chi connectivity index (χ3n) is 1.54. The fraction of sp³-hybridized carbons (Fsp3) is 0.222. The fourth-order valence-electron chi connectivity index (χ4n) is 0.968. The second kappa shape index (κ2) is 3.19. The number of aryl methyl sites for hydroxylation is 1. The molecular formula is C9H11NO. The van der Waals surface area contributed by atoms with Crippen LogP contribution in [0.15, 0.2) is 23.1 Å². The normalized spacial score (nSPS) is 10.7. The Hall–Kier alpha value is -1.31. The molecule has 0 atom stereocenters. The summed E-state index contributed by atoms with van der Waals surface area (Å²) in [5, 5.41) is 0. The zero-order chi connectivity index (χ0) is 8.27. The second-order valence-electron chi connectivity index (χ2n) is 2.38. The van der Waals surface area contributed by atoms with Crippen LogP contribution in [0.1, 0.15) is 18.2 Å². The first kappa shape index (κ1) is 7.79. The molecule has 1 N–H and O–H groups in total. The summed E-state index contributed by atoms with van der Waals surface area (Å²) in [7, 11) is 0. The Morgan fingerprint density at radius 3 is 2.82 bits per heavy atom. The largest absolute Gasteiger partial charge is 0.364 e. The van der Waals surface area contributed by atoms with E-state index in [4.69, 9.17) is 0 Å². The minimum absolute atomic E-state index is 0.0688. The van der Waals surface area contributed by atoms with Gasteiger partial charge < -0.3 is 4.98 Å². The highest BCUT2D eigenvalue weighted by atomic mass is 16.1. The highest BCUT2D eigenvalue weighted by Gasteiger charge is 1.96. The third-order valence-corrected chi connectivity index (χ3v) is 1.54. The lowest BCUT2D eigenvalue weighted by Gasteiger charge is -1.96. The molecule has 1 rings (SSSR count). The summed E-state index contributed by atoms with van der Waals surface area (Å²) in [5.41, 5.74) is 1.73. The number of rotatable bonds is 1. The number of nitrogens with one attached hydrogen (secondary N) is 1. The van der Waals surface area contributed by atoms with Crippen molar-refractivity contribution in [3.8, 4) is 0 Å². The van der Waals surface area contributed by atoms with Crippen molar-refractivity contribution in [2.75, 3.05) is 0 Å². The highest BCUT2D eigenvalue weighted by Crippen LogP contribution is 1.99. The van der Waals surface area contributed by atoms with E-state index in [1.54, 1.807) is 6.20 Å². The van der Waals surface area contributed by atoms with Gasteiger partial charge in [0.2, 0.25) is 0 Å². The number of pyridine rings is 1. The van der Waals surface area contributed by atoms with Crippen LogP contribution in [-0.2, 0) is 0 Å². The Morgan fingerprint density at radius 1 is 1.55 bits per heavy atom. The van der Waals surface area contributed by atoms with Gasteiger partial charge in [0.15, 0.2) is 5.43 Å². The van der Waals surface area contributed by atoms with Crippen LogP contribution in [0.25, 0.3) is 6.08 Å². The van der Waals surface area contributed by atoms with E-state index in [2.05, 4.69) is 4.98 Å². The van der Waals surface area contributed by atoms with Gasteiger partial charge in [-0.3, -0.25) is 4.79 Å². The lowest BCUT2D eigenvalue weighted by Crippen LogP contribution is -2.05. The number of H-pyrrole nitrogens is 1. The summed E-state index contributed by atoms with van der Waals surface area (Å²) in [6, 6.07) is 1.53. The molecule has 2 nitrogen and oxygen atoms in total. The van der Waals surface area contributed by atoms with Gasteiger partial charge in [-0.1, -0.05) is 12.2 Å². The van der Waals surface area contributed by atoms with Gasteiger partial charge >= 0.3 is 0 Å². The van der Waals surface area contributed by atoms with Crippen LogP contribution in [0.3, 0.4) is 0 Å². The number of allylic oxidation sites excluding steroid dienone is 1. The van der Waals surface area contributed by atoms with E-state index in [0.717, 1.165) is 11.3 Å². The minimum Gasteiger partial charge on any atom is -0.364 e. The van der Waals surface area contributed by atoms with Crippen molar-refractivity contribution < 1.29 is 0 Å². The van der Waals surface area contributed by atoms with Crippen molar-refractivity contribution in [3.63, 3.8) is 0 Å². The lowest BCUT2D eigenvalue weighted by molar-refractivity contribution is 1.17. The zero-order valence-electron chi connectivity index (χ0n) is 6.72. The van der Waals surface area contributed by atoms with Gasteiger partial charge in [0.1, 0.15) is 0 Å². The van der Waals surface area contributed by atoms with Crippen LogP contribution in [0.4, 0.5) is 0 Å². The average Bonchev–Trinajstić information content (AvgIpc) is 1.97. The molecular weight excluding hydrogens is 138 g/mol. The number of aromatic nitrogens is 1. The summed E-state index contributed by atoms with van der Waals surface area (Å²) in [6.07, 6.45) is 5.33. The molecule has 1 aromatic rings. The molecule has 0 spiro atoms. The van der Waals surface area contributed by atoms with E-state index < -0.39 is 0 Å². The molecule has 1 aromatic heterocycles. The molecule has 0 aromatic carbocycles. The van der Waals surface area contributed by atoms with Gasteiger partial charge in [0, 0.05) is 23.5 Å². The molecule has 0 radical (unpaired) electrons. The Kier molecular flexibility index (Phi) is 2.26. The lowest BCUT2D eigenvalue weighted by atomic mass is 10.2. The van der Waals surface area contributed by atoms with Crippen molar-refractivity contribution in [1.29, 1.82) is 0 Å². The fourth-order valence-corrected chi connectivity index (χ4v) is 0.968. The predicted molar refractivity (Wildman–Crippen MR) is 46.5 cm³/mol. The Balaban J connectivity index is 3.32. The molecule has 58 valence electrons. The Morgan fingerprint density at radius 2 is 2.27 bits per heavy atom. The maximum absolute atomic E-state index is 11.2. The SMILES string of the molecule is CC=Cc1c(C)[nH]ccc1=O. The molecule has 0 saturated heterocycles. The predicted octanol–water partition coefficient (Wildman–Crippen LogP) is 1.72. The zero-order valence-corrected chi connectivity index (χ0v) is 6.72. The van der Waals surface area contributed by atoms with Crippen LogP contribution in [0.2, 0.25) is 0 Å². The first-order chi connectivity index (χ1) is 5.25. The van der Waals surface area contributed by atoms with Gasteiger partial charge in [0.25, 0.3) is 0 Å². The third kappa shape index (κ3) is 1.58. The van der Waals surface area contributed by atoms with Crippen LogP contribution in [0.5, 0.6) is 0 Å². The maximum atomic E-state index is 11.2. The monoisotopic (exact) mass is 149 g/mol. The van der Waals surface area contributed by atoms with Gasteiger partial charge in [-0.15, -0.1) is 0 Å². The van der Waals surface area contributed by atoms with Crippen LogP contribution < -0.4 is 5.43 Å². The molecule has 0 saturated carbocycles. The molecule has 0 aliphatic carbocycles. The Bertz CT molecular complexity index is 323. The van der Waals surface area contributed by atoms with Crippen molar-refractivity contribution in [1.82, 2.24) is 4.98 Å². The van der Waals surface area contributed by atoms with E-state index >= 15 is 0 Å². The van der Waals surface area contributed by atoms with E-state index in [0.29, 0.717) is 0 Å². The number of hydrogen-bond donors (Lipinski definition) is 1. The van der Waals surface area contributed by atoms with Crippen molar-refractivity contribution in [2.24, 2.45) is 0 Å². The topological polar surface area (TPSA) is 32.9 Å². The first-order valence-electron chi connectivity index (χ1n) is 3.56. The standard InChI is InChI=1S/C9H11NO/c1-3-4-8-7(2)10-6-5-9(8)11/h3-6H,1-2H3,(H,10,11). The van der Waals surface area contributed by atoms with Gasteiger partial charge in [-0.05, 0) is 13.8 Å². The van der Waals surface area contributed by atoms with Gasteiger partial charge in [0.05, 0.1) is 0 Å². The van der Waals surface area contributed by atoms with Crippen LogP contribution >= 0.6 is 0 Å². The molecule has 0 bridgehead atoms. The highest BCUT2D eigenvalue weighted by molar-refractivity contribution is 5.50. The second-order valence-corrected chi connectivity index (χ2v) is 2.38. The maximum Gasteiger partial charge on any atom is 0.189 e. The van der Waals surface area contributed by atoms with E-state index in [9.17, 15) is 4.79 Å². The first-order valence-corrected chi connectivity index (χ1v) is 3.56. The molecule has 0 amide bonds. The van der Waals surface area contributed by atoms with Crippen molar-refractivity contribution >= 4 is 6.08 Å². The summed E-state index contributed by atoms with van der Waals surface area (Å²) in [5.74, 6) is 0.